The van der Waals surface area contributed by atoms with Gasteiger partial charge >= 0.3 is 0 Å². The number of hydrogen-bond acceptors (Lipinski definition) is 2. The lowest BCUT2D eigenvalue weighted by molar-refractivity contribution is 0.628. The summed E-state index contributed by atoms with van der Waals surface area (Å²) in [6.45, 7) is 0. The summed E-state index contributed by atoms with van der Waals surface area (Å²) in [6.07, 6.45) is 0. The van der Waals surface area contributed by atoms with E-state index in [2.05, 4.69) is 23.2 Å². The first-order valence-electron chi connectivity index (χ1n) is 6.47. The second-order valence-corrected chi connectivity index (χ2v) is 4.97. The van der Waals surface area contributed by atoms with Gasteiger partial charge in [-0.25, -0.2) is 9.37 Å². The van der Waals surface area contributed by atoms with Crippen LogP contribution in [-0.4, -0.2) is 19.1 Å². The summed E-state index contributed by atoms with van der Waals surface area (Å²) in [5, 5.41) is 1.10. The summed E-state index contributed by atoms with van der Waals surface area (Å²) < 4.78 is 13.0. The second kappa shape index (κ2) is 4.93. The molecule has 0 spiro atoms. The number of nitrogens with zero attached hydrogens (tertiary/aromatic N) is 2. The smallest absolute Gasteiger partial charge is 0.123 e. The van der Waals surface area contributed by atoms with Gasteiger partial charge in [0.05, 0.1) is 11.2 Å². The summed E-state index contributed by atoms with van der Waals surface area (Å²) in [6, 6.07) is 16.6. The van der Waals surface area contributed by atoms with Crippen molar-refractivity contribution in [1.29, 1.82) is 0 Å². The van der Waals surface area contributed by atoms with Crippen molar-refractivity contribution in [2.24, 2.45) is 0 Å². The van der Waals surface area contributed by atoms with E-state index in [1.165, 1.54) is 12.1 Å². The minimum Gasteiger partial charge on any atom is -0.378 e. The van der Waals surface area contributed by atoms with E-state index in [0.29, 0.717) is 0 Å². The summed E-state index contributed by atoms with van der Waals surface area (Å²) in [4.78, 5) is 6.72. The molecule has 3 aromatic rings. The molecule has 0 saturated heterocycles. The number of benzene rings is 2. The third-order valence-corrected chi connectivity index (χ3v) is 3.33. The Bertz CT molecular complexity index is 749. The van der Waals surface area contributed by atoms with Gasteiger partial charge in [0, 0.05) is 30.7 Å². The maximum atomic E-state index is 13.0. The summed E-state index contributed by atoms with van der Waals surface area (Å²) in [7, 11) is 4.01. The Kier molecular flexibility index (Phi) is 3.11. The highest BCUT2D eigenvalue weighted by atomic mass is 19.1. The molecular weight excluding hydrogens is 251 g/mol. The molecule has 0 radical (unpaired) electrons. The summed E-state index contributed by atoms with van der Waals surface area (Å²) in [5.41, 5.74) is 3.83. The molecule has 0 aliphatic heterocycles. The molecule has 1 aromatic heterocycles. The van der Waals surface area contributed by atoms with Gasteiger partial charge in [0.25, 0.3) is 0 Å². The zero-order valence-electron chi connectivity index (χ0n) is 11.5. The van der Waals surface area contributed by atoms with E-state index in [0.717, 1.165) is 27.8 Å². The fourth-order valence-corrected chi connectivity index (χ4v) is 2.17. The fraction of sp³-hybridized carbons (Fsp3) is 0.118. The molecule has 3 rings (SSSR count). The molecule has 0 aliphatic rings. The standard InChI is InChI=1S/C17H15FN2/c1-20(2)15-9-5-13-6-10-16(19-17(13)11-15)12-3-7-14(18)8-4-12/h3-11H,1-2H3. The van der Waals surface area contributed by atoms with Crippen LogP contribution in [0.2, 0.25) is 0 Å². The molecule has 0 N–H and O–H groups in total. The van der Waals surface area contributed by atoms with Gasteiger partial charge in [-0.15, -0.1) is 0 Å². The largest absolute Gasteiger partial charge is 0.378 e. The first-order chi connectivity index (χ1) is 9.63. The van der Waals surface area contributed by atoms with Crippen LogP contribution in [0.3, 0.4) is 0 Å². The molecule has 2 nitrogen and oxygen atoms in total. The Morgan fingerprint density at radius 1 is 0.900 bits per heavy atom. The molecular formula is C17H15FN2. The molecule has 20 heavy (non-hydrogen) atoms. The fourth-order valence-electron chi connectivity index (χ4n) is 2.17. The third kappa shape index (κ3) is 2.35. The molecule has 0 atom stereocenters. The Hall–Kier alpha value is -2.42. The lowest BCUT2D eigenvalue weighted by Crippen LogP contribution is -2.08. The van der Waals surface area contributed by atoms with Crippen molar-refractivity contribution in [1.82, 2.24) is 4.98 Å². The van der Waals surface area contributed by atoms with Gasteiger partial charge in [0.1, 0.15) is 5.82 Å². The topological polar surface area (TPSA) is 16.1 Å². The van der Waals surface area contributed by atoms with E-state index in [-0.39, 0.29) is 5.82 Å². The second-order valence-electron chi connectivity index (χ2n) is 4.97. The van der Waals surface area contributed by atoms with E-state index in [1.54, 1.807) is 12.1 Å². The van der Waals surface area contributed by atoms with Crippen molar-refractivity contribution >= 4 is 16.6 Å². The van der Waals surface area contributed by atoms with E-state index in [1.807, 2.05) is 31.1 Å². The van der Waals surface area contributed by atoms with E-state index in [4.69, 9.17) is 0 Å². The van der Waals surface area contributed by atoms with Gasteiger partial charge in [-0.3, -0.25) is 0 Å². The van der Waals surface area contributed by atoms with Crippen molar-refractivity contribution in [3.8, 4) is 11.3 Å². The number of hydrogen-bond donors (Lipinski definition) is 0. The highest BCUT2D eigenvalue weighted by molar-refractivity contribution is 5.84. The van der Waals surface area contributed by atoms with Crippen LogP contribution in [0, 0.1) is 5.82 Å². The predicted octanol–water partition coefficient (Wildman–Crippen LogP) is 4.11. The first-order valence-corrected chi connectivity index (χ1v) is 6.47. The molecule has 1 heterocycles. The molecule has 3 heteroatoms. The van der Waals surface area contributed by atoms with Gasteiger partial charge in [0.15, 0.2) is 0 Å². The van der Waals surface area contributed by atoms with Gasteiger partial charge in [0.2, 0.25) is 0 Å². The molecule has 0 amide bonds. The maximum absolute atomic E-state index is 13.0. The third-order valence-electron chi connectivity index (χ3n) is 3.33. The number of anilines is 1. The van der Waals surface area contributed by atoms with Gasteiger partial charge in [-0.2, -0.15) is 0 Å². The van der Waals surface area contributed by atoms with Crippen LogP contribution >= 0.6 is 0 Å². The van der Waals surface area contributed by atoms with Crippen LogP contribution in [0.4, 0.5) is 10.1 Å². The molecule has 100 valence electrons. The normalized spacial score (nSPS) is 10.8. The molecule has 0 aliphatic carbocycles. The average Bonchev–Trinajstić information content (AvgIpc) is 2.47. The molecule has 0 fully saturated rings. The highest BCUT2D eigenvalue weighted by Crippen LogP contribution is 2.24. The zero-order valence-corrected chi connectivity index (χ0v) is 11.5. The average molecular weight is 266 g/mol. The number of halogens is 1. The van der Waals surface area contributed by atoms with Crippen LogP contribution in [-0.2, 0) is 0 Å². The van der Waals surface area contributed by atoms with Crippen LogP contribution in [0.5, 0.6) is 0 Å². The SMILES string of the molecule is CN(C)c1ccc2ccc(-c3ccc(F)cc3)nc2c1. The first kappa shape index (κ1) is 12.6. The Morgan fingerprint density at radius 3 is 2.30 bits per heavy atom. The lowest BCUT2D eigenvalue weighted by Gasteiger charge is -2.13. The quantitative estimate of drug-likeness (QED) is 0.694. The number of fused-ring (bicyclic) bond motifs is 1. The van der Waals surface area contributed by atoms with Gasteiger partial charge in [-0.05, 0) is 42.5 Å². The van der Waals surface area contributed by atoms with Crippen LogP contribution in [0.15, 0.2) is 54.6 Å². The highest BCUT2D eigenvalue weighted by Gasteiger charge is 2.03. The molecule has 0 bridgehead atoms. The van der Waals surface area contributed by atoms with Gasteiger partial charge in [-0.1, -0.05) is 12.1 Å². The van der Waals surface area contributed by atoms with Crippen molar-refractivity contribution in [2.45, 2.75) is 0 Å². The van der Waals surface area contributed by atoms with Crippen LogP contribution in [0.25, 0.3) is 22.2 Å². The number of aromatic nitrogens is 1. The summed E-state index contributed by atoms with van der Waals surface area (Å²) in [5.74, 6) is -0.232. The zero-order chi connectivity index (χ0) is 14.1. The number of rotatable bonds is 2. The number of pyridine rings is 1. The van der Waals surface area contributed by atoms with Crippen LogP contribution < -0.4 is 4.90 Å². The van der Waals surface area contributed by atoms with Crippen molar-refractivity contribution < 1.29 is 4.39 Å². The van der Waals surface area contributed by atoms with Crippen molar-refractivity contribution in [3.63, 3.8) is 0 Å². The van der Waals surface area contributed by atoms with Crippen molar-refractivity contribution in [2.75, 3.05) is 19.0 Å². The van der Waals surface area contributed by atoms with E-state index < -0.39 is 0 Å². The lowest BCUT2D eigenvalue weighted by atomic mass is 10.1. The Balaban J connectivity index is 2.11. The predicted molar refractivity (Wildman–Crippen MR) is 81.5 cm³/mol. The Morgan fingerprint density at radius 2 is 1.60 bits per heavy atom. The Labute approximate surface area is 117 Å². The monoisotopic (exact) mass is 266 g/mol. The van der Waals surface area contributed by atoms with Crippen molar-refractivity contribution in [3.05, 3.63) is 60.4 Å². The maximum Gasteiger partial charge on any atom is 0.123 e. The molecule has 2 aromatic carbocycles. The van der Waals surface area contributed by atoms with Gasteiger partial charge < -0.3 is 4.90 Å². The van der Waals surface area contributed by atoms with E-state index in [9.17, 15) is 4.39 Å². The minimum absolute atomic E-state index is 0.232. The summed E-state index contributed by atoms with van der Waals surface area (Å²) >= 11 is 0. The molecule has 0 unspecified atom stereocenters. The van der Waals surface area contributed by atoms with Crippen LogP contribution in [0.1, 0.15) is 0 Å². The molecule has 0 saturated carbocycles. The van der Waals surface area contributed by atoms with E-state index >= 15 is 0 Å². The minimum atomic E-state index is -0.232.